The van der Waals surface area contributed by atoms with Crippen molar-refractivity contribution < 1.29 is 14.2 Å². The fourth-order valence-electron chi connectivity index (χ4n) is 2.91. The summed E-state index contributed by atoms with van der Waals surface area (Å²) in [6.45, 7) is 7.68. The van der Waals surface area contributed by atoms with Gasteiger partial charge in [0.05, 0.1) is 20.8 Å². The minimum atomic E-state index is -0.106. The van der Waals surface area contributed by atoms with Gasteiger partial charge in [0.15, 0.2) is 0 Å². The van der Waals surface area contributed by atoms with Gasteiger partial charge < -0.3 is 14.2 Å². The second kappa shape index (κ2) is 9.56. The van der Waals surface area contributed by atoms with Crippen LogP contribution in [-0.2, 0) is 20.8 Å². The Hall–Kier alpha value is -1.88. The van der Waals surface area contributed by atoms with Crippen molar-refractivity contribution >= 4 is 11.8 Å². The van der Waals surface area contributed by atoms with Crippen LogP contribution < -0.4 is 0 Å². The minimum Gasteiger partial charge on any atom is -0.483 e. The molecule has 0 N–H and O–H groups in total. The van der Waals surface area contributed by atoms with E-state index < -0.39 is 0 Å². The van der Waals surface area contributed by atoms with E-state index in [4.69, 9.17) is 24.2 Å². The lowest BCUT2D eigenvalue weighted by atomic mass is 9.99. The van der Waals surface area contributed by atoms with Crippen LogP contribution in [0.2, 0.25) is 0 Å². The standard InChI is InChI=1S/C20H30N2O3/c1-14(2)18-20(24-5)21-17(19(22-18)23-4)11-15(3)12-25-13-16-9-7-6-8-10-16/h6-10,14-15,17-18H,11-13H2,1-5H3/t15?,17-,18?/m0/s1. The van der Waals surface area contributed by atoms with Crippen LogP contribution in [0.1, 0.15) is 32.8 Å². The van der Waals surface area contributed by atoms with E-state index in [1.165, 1.54) is 5.56 Å². The zero-order valence-electron chi connectivity index (χ0n) is 15.9. The van der Waals surface area contributed by atoms with E-state index in [0.717, 1.165) is 6.42 Å². The third-order valence-corrected chi connectivity index (χ3v) is 4.28. The van der Waals surface area contributed by atoms with Crippen molar-refractivity contribution in [3.8, 4) is 0 Å². The lowest BCUT2D eigenvalue weighted by Gasteiger charge is -2.28. The van der Waals surface area contributed by atoms with E-state index in [0.29, 0.717) is 36.8 Å². The second-order valence-corrected chi connectivity index (χ2v) is 6.89. The van der Waals surface area contributed by atoms with Gasteiger partial charge in [-0.05, 0) is 23.8 Å². The van der Waals surface area contributed by atoms with Crippen molar-refractivity contribution in [2.24, 2.45) is 21.8 Å². The molecule has 2 rings (SSSR count). The Morgan fingerprint density at radius 2 is 1.64 bits per heavy atom. The van der Waals surface area contributed by atoms with E-state index >= 15 is 0 Å². The van der Waals surface area contributed by atoms with Crippen LogP contribution in [0.15, 0.2) is 40.3 Å². The topological polar surface area (TPSA) is 52.4 Å². The number of hydrogen-bond donors (Lipinski definition) is 0. The summed E-state index contributed by atoms with van der Waals surface area (Å²) in [7, 11) is 3.32. The molecule has 2 unspecified atom stereocenters. The van der Waals surface area contributed by atoms with Gasteiger partial charge in [-0.25, -0.2) is 9.98 Å². The van der Waals surface area contributed by atoms with Crippen LogP contribution in [-0.4, -0.2) is 44.7 Å². The maximum Gasteiger partial charge on any atom is 0.209 e. The Balaban J connectivity index is 1.91. The first-order valence-corrected chi connectivity index (χ1v) is 8.90. The summed E-state index contributed by atoms with van der Waals surface area (Å²) >= 11 is 0. The molecule has 3 atom stereocenters. The molecule has 25 heavy (non-hydrogen) atoms. The van der Waals surface area contributed by atoms with Gasteiger partial charge in [0, 0.05) is 6.61 Å². The van der Waals surface area contributed by atoms with Crippen molar-refractivity contribution in [2.45, 2.75) is 45.9 Å². The number of rotatable bonds is 7. The van der Waals surface area contributed by atoms with Gasteiger partial charge in [0.25, 0.3) is 0 Å². The summed E-state index contributed by atoms with van der Waals surface area (Å²) in [6.07, 6.45) is 0.819. The van der Waals surface area contributed by atoms with Crippen LogP contribution in [0.4, 0.5) is 0 Å². The molecular formula is C20H30N2O3. The summed E-state index contributed by atoms with van der Waals surface area (Å²) in [6, 6.07) is 10.0. The molecule has 0 amide bonds. The third-order valence-electron chi connectivity index (χ3n) is 4.28. The molecule has 1 aliphatic rings. The normalized spacial score (nSPS) is 21.5. The van der Waals surface area contributed by atoms with Crippen molar-refractivity contribution in [1.82, 2.24) is 0 Å². The predicted octanol–water partition coefficient (Wildman–Crippen LogP) is 3.73. The average Bonchev–Trinajstić information content (AvgIpc) is 2.62. The summed E-state index contributed by atoms with van der Waals surface area (Å²) in [4.78, 5) is 9.46. The summed E-state index contributed by atoms with van der Waals surface area (Å²) in [5, 5.41) is 0. The van der Waals surface area contributed by atoms with Crippen molar-refractivity contribution in [2.75, 3.05) is 20.8 Å². The van der Waals surface area contributed by atoms with Gasteiger partial charge in [0.2, 0.25) is 11.8 Å². The zero-order valence-corrected chi connectivity index (χ0v) is 15.9. The van der Waals surface area contributed by atoms with Crippen molar-refractivity contribution in [3.63, 3.8) is 0 Å². The number of methoxy groups -OCH3 is 2. The number of nitrogens with zero attached hydrogens (tertiary/aromatic N) is 2. The Labute approximate surface area is 151 Å². The SMILES string of the molecule is COC1=N[C@@H](CC(C)COCc2ccccc2)C(OC)=NC1C(C)C. The summed E-state index contributed by atoms with van der Waals surface area (Å²) in [5.41, 5.74) is 1.19. The quantitative estimate of drug-likeness (QED) is 0.756. The van der Waals surface area contributed by atoms with Crippen LogP contribution >= 0.6 is 0 Å². The Morgan fingerprint density at radius 1 is 0.960 bits per heavy atom. The molecule has 1 aromatic carbocycles. The number of benzene rings is 1. The molecule has 0 spiro atoms. The molecule has 0 radical (unpaired) electrons. The first-order chi connectivity index (χ1) is 12.0. The highest BCUT2D eigenvalue weighted by molar-refractivity contribution is 5.94. The second-order valence-electron chi connectivity index (χ2n) is 6.89. The molecule has 1 aromatic rings. The predicted molar refractivity (Wildman–Crippen MR) is 101 cm³/mol. The molecule has 0 saturated carbocycles. The molecule has 5 nitrogen and oxygen atoms in total. The number of hydrogen-bond acceptors (Lipinski definition) is 5. The molecule has 0 saturated heterocycles. The van der Waals surface area contributed by atoms with E-state index in [1.54, 1.807) is 14.2 Å². The highest BCUT2D eigenvalue weighted by atomic mass is 16.5. The Kier molecular flexibility index (Phi) is 7.44. The molecule has 1 aliphatic heterocycles. The monoisotopic (exact) mass is 346 g/mol. The van der Waals surface area contributed by atoms with Crippen molar-refractivity contribution in [1.29, 1.82) is 0 Å². The maximum absolute atomic E-state index is 5.84. The van der Waals surface area contributed by atoms with Crippen LogP contribution in [0.3, 0.4) is 0 Å². The lowest BCUT2D eigenvalue weighted by Crippen LogP contribution is -2.38. The van der Waals surface area contributed by atoms with E-state index in [2.05, 4.69) is 32.9 Å². The van der Waals surface area contributed by atoms with Gasteiger partial charge in [0.1, 0.15) is 12.1 Å². The van der Waals surface area contributed by atoms with Crippen LogP contribution in [0.25, 0.3) is 0 Å². The van der Waals surface area contributed by atoms with Gasteiger partial charge in [-0.1, -0.05) is 51.1 Å². The first kappa shape index (κ1) is 19.4. The third kappa shape index (κ3) is 5.56. The molecule has 0 fully saturated rings. The summed E-state index contributed by atoms with van der Waals surface area (Å²) in [5.74, 6) is 2.04. The highest BCUT2D eigenvalue weighted by Gasteiger charge is 2.31. The van der Waals surface area contributed by atoms with Gasteiger partial charge in [-0.15, -0.1) is 0 Å². The van der Waals surface area contributed by atoms with Gasteiger partial charge in [-0.2, -0.15) is 0 Å². The summed E-state index contributed by atoms with van der Waals surface area (Å²) < 4.78 is 16.8. The number of ether oxygens (including phenoxy) is 3. The lowest BCUT2D eigenvalue weighted by molar-refractivity contribution is 0.0883. The minimum absolute atomic E-state index is 0.0687. The average molecular weight is 346 g/mol. The van der Waals surface area contributed by atoms with E-state index in [9.17, 15) is 0 Å². The highest BCUT2D eigenvalue weighted by Crippen LogP contribution is 2.21. The Morgan fingerprint density at radius 3 is 2.24 bits per heavy atom. The van der Waals surface area contributed by atoms with Gasteiger partial charge in [-0.3, -0.25) is 0 Å². The molecule has 0 bridgehead atoms. The first-order valence-electron chi connectivity index (χ1n) is 8.90. The van der Waals surface area contributed by atoms with Crippen LogP contribution in [0, 0.1) is 11.8 Å². The smallest absolute Gasteiger partial charge is 0.209 e. The molecule has 5 heteroatoms. The largest absolute Gasteiger partial charge is 0.483 e. The number of aliphatic imine (C=N–C) groups is 2. The van der Waals surface area contributed by atoms with E-state index in [1.807, 2.05) is 18.2 Å². The zero-order chi connectivity index (χ0) is 18.2. The fourth-order valence-corrected chi connectivity index (χ4v) is 2.91. The maximum atomic E-state index is 5.84. The fraction of sp³-hybridized carbons (Fsp3) is 0.600. The molecule has 0 aromatic heterocycles. The van der Waals surface area contributed by atoms with Gasteiger partial charge >= 0.3 is 0 Å². The molecule has 138 valence electrons. The molecule has 0 aliphatic carbocycles. The van der Waals surface area contributed by atoms with Crippen molar-refractivity contribution in [3.05, 3.63) is 35.9 Å². The Bertz CT molecular complexity index is 584. The molecule has 1 heterocycles. The van der Waals surface area contributed by atoms with Crippen LogP contribution in [0.5, 0.6) is 0 Å². The molecular weight excluding hydrogens is 316 g/mol. The van der Waals surface area contributed by atoms with E-state index in [-0.39, 0.29) is 12.1 Å².